The number of hydrogen-bond donors (Lipinski definition) is 2. The van der Waals surface area contributed by atoms with Crippen molar-refractivity contribution in [3.05, 3.63) is 35.4 Å². The van der Waals surface area contributed by atoms with E-state index in [-0.39, 0.29) is 11.3 Å². The van der Waals surface area contributed by atoms with Crippen LogP contribution in [-0.2, 0) is 10.2 Å². The molecule has 3 rings (SSSR count). The fourth-order valence-corrected chi connectivity index (χ4v) is 4.77. The number of nitrogens with two attached hydrogens (primary N) is 1. The Kier molecular flexibility index (Phi) is 5.00. The van der Waals surface area contributed by atoms with Gasteiger partial charge in [0.2, 0.25) is 5.91 Å². The molecule has 2 aliphatic rings. The van der Waals surface area contributed by atoms with E-state index in [4.69, 9.17) is 5.73 Å². The molecule has 2 unspecified atom stereocenters. The fraction of sp³-hybridized carbons (Fsp3) is 0.667. The summed E-state index contributed by atoms with van der Waals surface area (Å²) in [6.07, 6.45) is 6.42. The van der Waals surface area contributed by atoms with Crippen LogP contribution in [-0.4, -0.2) is 18.0 Å². The van der Waals surface area contributed by atoms with E-state index in [2.05, 4.69) is 50.4 Å². The highest BCUT2D eigenvalue weighted by atomic mass is 16.1. The van der Waals surface area contributed by atoms with E-state index >= 15 is 0 Å². The molecule has 2 saturated carbocycles. The van der Waals surface area contributed by atoms with Gasteiger partial charge in [0.1, 0.15) is 0 Å². The first-order valence-corrected chi connectivity index (χ1v) is 9.47. The third-order valence-corrected chi connectivity index (χ3v) is 6.14. The molecule has 0 heterocycles. The van der Waals surface area contributed by atoms with E-state index in [0.717, 1.165) is 12.8 Å². The van der Waals surface area contributed by atoms with Gasteiger partial charge in [-0.2, -0.15) is 0 Å². The Labute approximate surface area is 146 Å². The summed E-state index contributed by atoms with van der Waals surface area (Å²) >= 11 is 0. The van der Waals surface area contributed by atoms with Crippen molar-refractivity contribution in [2.24, 2.45) is 17.6 Å². The monoisotopic (exact) mass is 328 g/mol. The zero-order chi connectivity index (χ0) is 17.3. The molecular weight excluding hydrogens is 296 g/mol. The van der Waals surface area contributed by atoms with Crippen molar-refractivity contribution >= 4 is 5.91 Å². The van der Waals surface area contributed by atoms with Crippen LogP contribution in [0.4, 0.5) is 0 Å². The Morgan fingerprint density at radius 1 is 1.17 bits per heavy atom. The number of rotatable bonds is 4. The second-order valence-corrected chi connectivity index (χ2v) is 8.70. The first-order chi connectivity index (χ1) is 11.3. The maximum atomic E-state index is 12.7. The van der Waals surface area contributed by atoms with Crippen LogP contribution in [0.5, 0.6) is 0 Å². The van der Waals surface area contributed by atoms with Crippen LogP contribution in [0.25, 0.3) is 0 Å². The molecule has 1 aromatic rings. The number of hydrogen-bond acceptors (Lipinski definition) is 2. The zero-order valence-electron chi connectivity index (χ0n) is 15.3. The van der Waals surface area contributed by atoms with Gasteiger partial charge in [0, 0.05) is 18.5 Å². The Hall–Kier alpha value is -1.35. The Morgan fingerprint density at radius 2 is 1.75 bits per heavy atom. The molecule has 0 aromatic heterocycles. The van der Waals surface area contributed by atoms with Gasteiger partial charge in [-0.3, -0.25) is 4.79 Å². The van der Waals surface area contributed by atoms with Crippen molar-refractivity contribution in [3.63, 3.8) is 0 Å². The summed E-state index contributed by atoms with van der Waals surface area (Å²) in [4.78, 5) is 12.7. The average Bonchev–Trinajstić information content (AvgIpc) is 2.48. The van der Waals surface area contributed by atoms with Crippen molar-refractivity contribution in [2.75, 3.05) is 0 Å². The molecule has 2 atom stereocenters. The largest absolute Gasteiger partial charge is 0.353 e. The SMILES string of the molecule is Cc1ccc(C(C)(C)CC(=O)NC2C3CCCC2CC(N)C3)cc1. The molecule has 132 valence electrons. The summed E-state index contributed by atoms with van der Waals surface area (Å²) in [5.74, 6) is 1.36. The number of carbonyl (C=O) groups is 1. The molecule has 1 amide bonds. The molecule has 2 bridgehead atoms. The molecule has 0 spiro atoms. The maximum Gasteiger partial charge on any atom is 0.221 e. The predicted octanol–water partition coefficient (Wildman–Crippen LogP) is 3.68. The highest BCUT2D eigenvalue weighted by Crippen LogP contribution is 2.40. The summed E-state index contributed by atoms with van der Waals surface area (Å²) in [7, 11) is 0. The first-order valence-electron chi connectivity index (χ1n) is 9.47. The normalized spacial score (nSPS) is 30.0. The van der Waals surface area contributed by atoms with E-state index in [1.165, 1.54) is 30.4 Å². The quantitative estimate of drug-likeness (QED) is 0.886. The maximum absolute atomic E-state index is 12.7. The van der Waals surface area contributed by atoms with Gasteiger partial charge in [0.15, 0.2) is 0 Å². The van der Waals surface area contributed by atoms with Gasteiger partial charge in [-0.1, -0.05) is 50.1 Å². The summed E-state index contributed by atoms with van der Waals surface area (Å²) in [5.41, 5.74) is 8.54. The van der Waals surface area contributed by atoms with E-state index in [9.17, 15) is 4.79 Å². The minimum atomic E-state index is -0.141. The van der Waals surface area contributed by atoms with E-state index in [1.54, 1.807) is 0 Å². The topological polar surface area (TPSA) is 55.1 Å². The van der Waals surface area contributed by atoms with Crippen LogP contribution >= 0.6 is 0 Å². The van der Waals surface area contributed by atoms with Crippen LogP contribution < -0.4 is 11.1 Å². The molecule has 3 nitrogen and oxygen atoms in total. The molecule has 0 aliphatic heterocycles. The zero-order valence-corrected chi connectivity index (χ0v) is 15.3. The number of amides is 1. The molecule has 0 saturated heterocycles. The Morgan fingerprint density at radius 3 is 2.33 bits per heavy atom. The first kappa shape index (κ1) is 17.5. The Balaban J connectivity index is 1.63. The number of fused-ring (bicyclic) bond motifs is 2. The predicted molar refractivity (Wildman–Crippen MR) is 98.8 cm³/mol. The lowest BCUT2D eigenvalue weighted by atomic mass is 9.67. The highest BCUT2D eigenvalue weighted by Gasteiger charge is 2.40. The Bertz CT molecular complexity index is 564. The highest BCUT2D eigenvalue weighted by molar-refractivity contribution is 5.78. The summed E-state index contributed by atoms with van der Waals surface area (Å²) in [5, 5.41) is 3.38. The average molecular weight is 329 g/mol. The van der Waals surface area contributed by atoms with Gasteiger partial charge in [0.25, 0.3) is 0 Å². The molecule has 3 heteroatoms. The van der Waals surface area contributed by atoms with E-state index in [1.807, 2.05) is 0 Å². The molecule has 2 aliphatic carbocycles. The number of benzene rings is 1. The van der Waals surface area contributed by atoms with Crippen LogP contribution in [0.1, 0.15) is 63.5 Å². The fourth-order valence-electron chi connectivity index (χ4n) is 4.77. The molecule has 2 fully saturated rings. The summed E-state index contributed by atoms with van der Waals surface area (Å²) in [6.45, 7) is 6.42. The van der Waals surface area contributed by atoms with Crippen LogP contribution in [0, 0.1) is 18.8 Å². The second kappa shape index (κ2) is 6.87. The number of nitrogens with one attached hydrogen (secondary N) is 1. The third kappa shape index (κ3) is 3.83. The number of carbonyl (C=O) groups excluding carboxylic acids is 1. The minimum Gasteiger partial charge on any atom is -0.353 e. The number of aryl methyl sites for hydroxylation is 1. The third-order valence-electron chi connectivity index (χ3n) is 6.14. The molecule has 0 radical (unpaired) electrons. The lowest BCUT2D eigenvalue weighted by molar-refractivity contribution is -0.124. The molecule has 1 aromatic carbocycles. The summed E-state index contributed by atoms with van der Waals surface area (Å²) in [6, 6.07) is 9.23. The van der Waals surface area contributed by atoms with Gasteiger partial charge in [-0.25, -0.2) is 0 Å². The van der Waals surface area contributed by atoms with E-state index in [0.29, 0.717) is 30.3 Å². The second-order valence-electron chi connectivity index (χ2n) is 8.70. The van der Waals surface area contributed by atoms with Crippen molar-refractivity contribution in [2.45, 2.75) is 76.8 Å². The van der Waals surface area contributed by atoms with Crippen molar-refractivity contribution in [3.8, 4) is 0 Å². The lowest BCUT2D eigenvalue weighted by Gasteiger charge is -2.45. The standard InChI is InChI=1S/C21H32N2O/c1-14-7-9-17(10-8-14)21(2,3)13-19(24)23-20-15-5-4-6-16(20)12-18(22)11-15/h7-10,15-16,18,20H,4-6,11-13,22H2,1-3H3,(H,23,24). The van der Waals surface area contributed by atoms with Gasteiger partial charge in [-0.15, -0.1) is 0 Å². The molecule has 24 heavy (non-hydrogen) atoms. The van der Waals surface area contributed by atoms with Gasteiger partial charge in [0.05, 0.1) is 0 Å². The van der Waals surface area contributed by atoms with Gasteiger partial charge >= 0.3 is 0 Å². The smallest absolute Gasteiger partial charge is 0.221 e. The van der Waals surface area contributed by atoms with Crippen LogP contribution in [0.15, 0.2) is 24.3 Å². The van der Waals surface area contributed by atoms with Gasteiger partial charge in [-0.05, 0) is 55.4 Å². The van der Waals surface area contributed by atoms with Crippen molar-refractivity contribution in [1.82, 2.24) is 5.32 Å². The van der Waals surface area contributed by atoms with Crippen LogP contribution in [0.2, 0.25) is 0 Å². The van der Waals surface area contributed by atoms with Gasteiger partial charge < -0.3 is 11.1 Å². The van der Waals surface area contributed by atoms with Crippen LogP contribution in [0.3, 0.4) is 0 Å². The van der Waals surface area contributed by atoms with Crippen molar-refractivity contribution in [1.29, 1.82) is 0 Å². The summed E-state index contributed by atoms with van der Waals surface area (Å²) < 4.78 is 0. The molecular formula is C21H32N2O. The van der Waals surface area contributed by atoms with Crippen molar-refractivity contribution < 1.29 is 4.79 Å². The lowest BCUT2D eigenvalue weighted by Crippen LogP contribution is -2.54. The van der Waals surface area contributed by atoms with E-state index < -0.39 is 0 Å². The molecule has 3 N–H and O–H groups in total. The minimum absolute atomic E-state index is 0.141.